The smallest absolute Gasteiger partial charge is 0.316 e. The fraction of sp³-hybridized carbons (Fsp3) is 0.545. The van der Waals surface area contributed by atoms with Crippen molar-refractivity contribution in [3.63, 3.8) is 0 Å². The van der Waals surface area contributed by atoms with Gasteiger partial charge in [0.25, 0.3) is 0 Å². The van der Waals surface area contributed by atoms with Gasteiger partial charge in [0.1, 0.15) is 30.8 Å². The van der Waals surface area contributed by atoms with E-state index >= 15 is 0 Å². The van der Waals surface area contributed by atoms with Gasteiger partial charge in [0.15, 0.2) is 0 Å². The van der Waals surface area contributed by atoms with Crippen molar-refractivity contribution in [1.82, 2.24) is 0 Å². The summed E-state index contributed by atoms with van der Waals surface area (Å²) in [6, 6.07) is 0. The zero-order valence-corrected chi connectivity index (χ0v) is 9.09. The molecule has 0 atom stereocenters. The highest BCUT2D eigenvalue weighted by Gasteiger charge is 2.35. The van der Waals surface area contributed by atoms with Gasteiger partial charge in [-0.15, -0.1) is 0 Å². The first-order valence-corrected chi connectivity index (χ1v) is 4.37. The van der Waals surface area contributed by atoms with Gasteiger partial charge in [-0.25, -0.2) is 0 Å². The molecule has 0 unspecified atom stereocenters. The fourth-order valence-electron chi connectivity index (χ4n) is 0.700. The van der Waals surface area contributed by atoms with E-state index in [0.29, 0.717) is 0 Å². The number of aliphatic carboxylic acids is 1. The van der Waals surface area contributed by atoms with E-state index in [1.165, 1.54) is 6.92 Å². The number of hydrogen-bond acceptors (Lipinski definition) is 3. The van der Waals surface area contributed by atoms with Crippen LogP contribution in [0.5, 0.6) is 0 Å². The summed E-state index contributed by atoms with van der Waals surface area (Å²) < 4.78 is 9.74. The number of carboxylic acids is 1. The Hall–Kier alpha value is -1.81. The molecule has 4 heteroatoms. The maximum Gasteiger partial charge on any atom is 0.316 e. The van der Waals surface area contributed by atoms with Gasteiger partial charge >= 0.3 is 5.97 Å². The second kappa shape index (κ2) is 6.62. The quantitative estimate of drug-likeness (QED) is 0.690. The zero-order chi connectivity index (χ0) is 11.7. The molecular weight excluding hydrogens is 196 g/mol. The highest BCUT2D eigenvalue weighted by molar-refractivity contribution is 5.74. The molecule has 0 bridgehead atoms. The van der Waals surface area contributed by atoms with E-state index in [0.717, 1.165) is 0 Å². The average molecular weight is 210 g/mol. The minimum atomic E-state index is -1.13. The van der Waals surface area contributed by atoms with Crippen LogP contribution in [0.1, 0.15) is 20.8 Å². The fourth-order valence-corrected chi connectivity index (χ4v) is 0.700. The lowest BCUT2D eigenvalue weighted by molar-refractivity contribution is -0.152. The van der Waals surface area contributed by atoms with E-state index in [-0.39, 0.29) is 13.2 Å². The predicted molar refractivity (Wildman–Crippen MR) is 54.5 cm³/mol. The first-order valence-electron chi connectivity index (χ1n) is 4.37. The highest BCUT2D eigenvalue weighted by Crippen LogP contribution is 2.17. The molecular formula is C11H14O4. The van der Waals surface area contributed by atoms with Crippen molar-refractivity contribution in [1.29, 1.82) is 0 Å². The second-order valence-corrected chi connectivity index (χ2v) is 3.15. The largest absolute Gasteiger partial charge is 0.481 e. The van der Waals surface area contributed by atoms with E-state index in [1.54, 1.807) is 13.8 Å². The molecule has 0 spiro atoms. The standard InChI is InChI=1S/C11H14O4/c1-4-6-14-8-11(3,10(12)13)9-15-7-5-2/h8-9H2,1-3H3,(H,12,13). The molecule has 0 aromatic heterocycles. The predicted octanol–water partition coefficient (Wildman–Crippen LogP) is 1.07. The molecule has 0 aromatic carbocycles. The first-order chi connectivity index (χ1) is 7.06. The third-order valence-corrected chi connectivity index (χ3v) is 1.65. The van der Waals surface area contributed by atoms with Crippen molar-refractivity contribution in [2.45, 2.75) is 20.8 Å². The molecule has 0 amide bonds. The Balaban J connectivity index is 4.33. The first kappa shape index (κ1) is 13.2. The van der Waals surface area contributed by atoms with Crippen LogP contribution in [0.25, 0.3) is 0 Å². The Morgan fingerprint density at radius 2 is 1.60 bits per heavy atom. The van der Waals surface area contributed by atoms with Crippen LogP contribution < -0.4 is 0 Å². The van der Waals surface area contributed by atoms with Crippen molar-refractivity contribution in [2.75, 3.05) is 13.2 Å². The van der Waals surface area contributed by atoms with Gasteiger partial charge in [-0.2, -0.15) is 0 Å². The summed E-state index contributed by atoms with van der Waals surface area (Å²) in [6.45, 7) is 4.67. The third kappa shape index (κ3) is 4.83. The zero-order valence-electron chi connectivity index (χ0n) is 9.09. The summed E-state index contributed by atoms with van der Waals surface area (Å²) in [4.78, 5) is 11.0. The van der Waals surface area contributed by atoms with Gasteiger partial charge < -0.3 is 14.6 Å². The van der Waals surface area contributed by atoms with Crippen LogP contribution in [-0.2, 0) is 14.3 Å². The van der Waals surface area contributed by atoms with Crippen molar-refractivity contribution in [2.24, 2.45) is 5.41 Å². The van der Waals surface area contributed by atoms with Gasteiger partial charge in [0.05, 0.1) is 0 Å². The molecule has 0 aromatic rings. The number of hydrogen-bond donors (Lipinski definition) is 1. The molecule has 0 aliphatic heterocycles. The molecule has 4 nitrogen and oxygen atoms in total. The SMILES string of the molecule is CC#COCC(C)(COC#CC)C(=O)O. The lowest BCUT2D eigenvalue weighted by Gasteiger charge is -2.21. The molecule has 0 rings (SSSR count). The number of ether oxygens (including phenoxy) is 2. The van der Waals surface area contributed by atoms with Crippen LogP contribution in [0.2, 0.25) is 0 Å². The van der Waals surface area contributed by atoms with Crippen LogP contribution in [0.4, 0.5) is 0 Å². The van der Waals surface area contributed by atoms with E-state index in [9.17, 15) is 4.79 Å². The van der Waals surface area contributed by atoms with Crippen molar-refractivity contribution in [3.8, 4) is 24.1 Å². The molecule has 0 saturated heterocycles. The minimum absolute atomic E-state index is 0.0332. The maximum absolute atomic E-state index is 11.0. The van der Waals surface area contributed by atoms with Crippen LogP contribution in [0, 0.1) is 29.5 Å². The van der Waals surface area contributed by atoms with Crippen molar-refractivity contribution >= 4 is 5.97 Å². The van der Waals surface area contributed by atoms with Crippen molar-refractivity contribution in [3.05, 3.63) is 0 Å². The highest BCUT2D eigenvalue weighted by atomic mass is 16.5. The molecule has 0 fully saturated rings. The topological polar surface area (TPSA) is 55.8 Å². The molecule has 15 heavy (non-hydrogen) atoms. The molecule has 82 valence electrons. The lowest BCUT2D eigenvalue weighted by Crippen LogP contribution is -2.36. The number of carboxylic acid groups (broad SMARTS) is 1. The minimum Gasteiger partial charge on any atom is -0.481 e. The van der Waals surface area contributed by atoms with E-state index in [2.05, 4.69) is 24.1 Å². The number of rotatable bonds is 5. The molecule has 0 heterocycles. The average Bonchev–Trinajstić information content (AvgIpc) is 2.18. The summed E-state index contributed by atoms with van der Waals surface area (Å²) in [5.41, 5.74) is -1.13. The molecule has 1 N–H and O–H groups in total. The Kier molecular flexibility index (Phi) is 5.82. The number of carbonyl (C=O) groups is 1. The lowest BCUT2D eigenvalue weighted by atomic mass is 9.93. The van der Waals surface area contributed by atoms with Gasteiger partial charge in [-0.05, 0) is 6.92 Å². The van der Waals surface area contributed by atoms with E-state index in [4.69, 9.17) is 14.6 Å². The van der Waals surface area contributed by atoms with Gasteiger partial charge in [-0.3, -0.25) is 4.79 Å². The Bertz CT molecular complexity index is 300. The Labute approximate surface area is 89.6 Å². The Morgan fingerprint density at radius 1 is 1.20 bits per heavy atom. The molecule has 0 saturated carbocycles. The third-order valence-electron chi connectivity index (χ3n) is 1.65. The molecule has 0 aliphatic rings. The van der Waals surface area contributed by atoms with Crippen LogP contribution >= 0.6 is 0 Å². The summed E-state index contributed by atoms with van der Waals surface area (Å²) in [6.07, 6.45) is 4.69. The van der Waals surface area contributed by atoms with Crippen LogP contribution in [0.15, 0.2) is 0 Å². The van der Waals surface area contributed by atoms with Crippen LogP contribution in [-0.4, -0.2) is 24.3 Å². The summed E-state index contributed by atoms with van der Waals surface area (Å²) in [5, 5.41) is 8.97. The van der Waals surface area contributed by atoms with Crippen LogP contribution in [0.3, 0.4) is 0 Å². The van der Waals surface area contributed by atoms with E-state index in [1.807, 2.05) is 0 Å². The Morgan fingerprint density at radius 3 is 1.87 bits per heavy atom. The summed E-state index contributed by atoms with van der Waals surface area (Å²) in [7, 11) is 0. The summed E-state index contributed by atoms with van der Waals surface area (Å²) >= 11 is 0. The van der Waals surface area contributed by atoms with Gasteiger partial charge in [0.2, 0.25) is 0 Å². The monoisotopic (exact) mass is 210 g/mol. The maximum atomic E-state index is 11.0. The van der Waals surface area contributed by atoms with E-state index < -0.39 is 11.4 Å². The normalized spacial score (nSPS) is 9.00. The second-order valence-electron chi connectivity index (χ2n) is 3.15. The summed E-state index contributed by atoms with van der Waals surface area (Å²) in [5.74, 6) is 4.02. The molecule has 0 radical (unpaired) electrons. The van der Waals surface area contributed by atoms with Gasteiger partial charge in [-0.1, -0.05) is 11.8 Å². The van der Waals surface area contributed by atoms with Crippen molar-refractivity contribution < 1.29 is 19.4 Å². The van der Waals surface area contributed by atoms with Gasteiger partial charge in [0, 0.05) is 13.8 Å². The molecule has 0 aliphatic carbocycles.